The highest BCUT2D eigenvalue weighted by Crippen LogP contribution is 2.44. The van der Waals surface area contributed by atoms with Gasteiger partial charge in [-0.1, -0.05) is 12.8 Å². The van der Waals surface area contributed by atoms with Gasteiger partial charge in [-0.25, -0.2) is 0 Å². The third kappa shape index (κ3) is 2.32. The number of rotatable bonds is 3. The van der Waals surface area contributed by atoms with Gasteiger partial charge >= 0.3 is 5.69 Å². The average Bonchev–Trinajstić information content (AvgIpc) is 2.86. The molecule has 112 valence electrons. The summed E-state index contributed by atoms with van der Waals surface area (Å²) in [6.07, 6.45) is 7.71. The van der Waals surface area contributed by atoms with Gasteiger partial charge in [0.2, 0.25) is 5.91 Å². The van der Waals surface area contributed by atoms with Crippen LogP contribution in [0.4, 0.5) is 11.4 Å². The van der Waals surface area contributed by atoms with Gasteiger partial charge in [-0.3, -0.25) is 19.9 Å². The van der Waals surface area contributed by atoms with E-state index in [4.69, 9.17) is 5.73 Å². The number of hydrogen-bond donors (Lipinski definition) is 1. The van der Waals surface area contributed by atoms with Crippen LogP contribution in [-0.4, -0.2) is 27.9 Å². The molecule has 2 N–H and O–H groups in total. The van der Waals surface area contributed by atoms with E-state index in [1.165, 1.54) is 12.4 Å². The highest BCUT2D eigenvalue weighted by atomic mass is 16.6. The Morgan fingerprint density at radius 1 is 1.43 bits per heavy atom. The fourth-order valence-corrected chi connectivity index (χ4v) is 3.80. The molecule has 0 bridgehead atoms. The van der Waals surface area contributed by atoms with Crippen molar-refractivity contribution in [2.45, 2.75) is 44.2 Å². The van der Waals surface area contributed by atoms with Crippen LogP contribution in [0.5, 0.6) is 0 Å². The van der Waals surface area contributed by atoms with Gasteiger partial charge in [0.1, 0.15) is 17.9 Å². The smallest absolute Gasteiger partial charge is 0.310 e. The topological polar surface area (TPSA) is 102 Å². The van der Waals surface area contributed by atoms with E-state index in [1.807, 2.05) is 4.90 Å². The molecule has 3 rings (SSSR count). The number of primary amides is 1. The first-order chi connectivity index (χ1) is 10.1. The Balaban J connectivity index is 2.04. The van der Waals surface area contributed by atoms with Gasteiger partial charge in [-0.05, 0) is 31.2 Å². The van der Waals surface area contributed by atoms with Crippen molar-refractivity contribution in [1.82, 2.24) is 4.98 Å². The van der Waals surface area contributed by atoms with E-state index in [0.29, 0.717) is 18.0 Å². The van der Waals surface area contributed by atoms with Gasteiger partial charge in [0.05, 0.1) is 4.92 Å². The fraction of sp³-hybridized carbons (Fsp3) is 0.571. The molecule has 0 aromatic carbocycles. The van der Waals surface area contributed by atoms with Crippen LogP contribution in [0, 0.1) is 16.0 Å². The molecule has 1 aromatic heterocycles. The van der Waals surface area contributed by atoms with E-state index in [1.54, 1.807) is 6.07 Å². The van der Waals surface area contributed by atoms with Crippen molar-refractivity contribution in [3.63, 3.8) is 0 Å². The molecule has 1 amide bonds. The molecule has 3 atom stereocenters. The maximum Gasteiger partial charge on any atom is 0.310 e. The number of fused-ring (bicyclic) bond motifs is 1. The molecule has 3 unspecified atom stereocenters. The minimum atomic E-state index is -0.459. The van der Waals surface area contributed by atoms with Gasteiger partial charge in [0.15, 0.2) is 0 Å². The van der Waals surface area contributed by atoms with Crippen molar-refractivity contribution in [2.24, 2.45) is 11.7 Å². The van der Waals surface area contributed by atoms with E-state index in [9.17, 15) is 14.9 Å². The first kappa shape index (κ1) is 13.8. The third-order valence-electron chi connectivity index (χ3n) is 4.67. The zero-order valence-corrected chi connectivity index (χ0v) is 11.6. The second-order valence-electron chi connectivity index (χ2n) is 5.79. The fourth-order valence-electron chi connectivity index (χ4n) is 3.80. The first-order valence-corrected chi connectivity index (χ1v) is 7.25. The molecule has 0 radical (unpaired) electrons. The lowest BCUT2D eigenvalue weighted by atomic mass is 9.84. The van der Waals surface area contributed by atoms with E-state index in [2.05, 4.69) is 4.98 Å². The molecule has 21 heavy (non-hydrogen) atoms. The molecule has 1 saturated carbocycles. The van der Waals surface area contributed by atoms with E-state index < -0.39 is 16.9 Å². The van der Waals surface area contributed by atoms with Crippen LogP contribution < -0.4 is 10.6 Å². The normalized spacial score (nSPS) is 28.2. The number of nitro groups is 1. The SMILES string of the molecule is NC(=O)C1CC2CCCCC2N1c1ccncc1[N+](=O)[O-]. The summed E-state index contributed by atoms with van der Waals surface area (Å²) in [6.45, 7) is 0. The van der Waals surface area contributed by atoms with Gasteiger partial charge in [0, 0.05) is 12.2 Å². The Kier molecular flexibility index (Phi) is 3.48. The van der Waals surface area contributed by atoms with Crippen molar-refractivity contribution in [3.8, 4) is 0 Å². The minimum Gasteiger partial charge on any atom is -0.368 e. The van der Waals surface area contributed by atoms with Crippen LogP contribution in [-0.2, 0) is 4.79 Å². The van der Waals surface area contributed by atoms with Crippen LogP contribution in [0.15, 0.2) is 18.5 Å². The quantitative estimate of drug-likeness (QED) is 0.673. The zero-order valence-electron chi connectivity index (χ0n) is 11.6. The molecule has 1 aliphatic heterocycles. The van der Waals surface area contributed by atoms with E-state index >= 15 is 0 Å². The lowest BCUT2D eigenvalue weighted by Gasteiger charge is -2.34. The summed E-state index contributed by atoms with van der Waals surface area (Å²) in [5, 5.41) is 11.2. The van der Waals surface area contributed by atoms with Crippen LogP contribution in [0.1, 0.15) is 32.1 Å². The lowest BCUT2D eigenvalue weighted by Crippen LogP contribution is -2.45. The number of pyridine rings is 1. The maximum atomic E-state index is 11.8. The Morgan fingerprint density at radius 2 is 2.19 bits per heavy atom. The van der Waals surface area contributed by atoms with Crippen molar-refractivity contribution in [1.29, 1.82) is 0 Å². The summed E-state index contributed by atoms with van der Waals surface area (Å²) in [6, 6.07) is 1.32. The van der Waals surface area contributed by atoms with Crippen molar-refractivity contribution < 1.29 is 9.72 Å². The Bertz CT molecular complexity index is 577. The molecule has 2 heterocycles. The second kappa shape index (κ2) is 5.31. The van der Waals surface area contributed by atoms with Crippen LogP contribution in [0.3, 0.4) is 0 Å². The molecule has 1 aliphatic carbocycles. The molecule has 7 heteroatoms. The van der Waals surface area contributed by atoms with E-state index in [-0.39, 0.29) is 11.7 Å². The van der Waals surface area contributed by atoms with Crippen LogP contribution in [0.25, 0.3) is 0 Å². The largest absolute Gasteiger partial charge is 0.368 e. The minimum absolute atomic E-state index is 0.0602. The number of carbonyl (C=O) groups excluding carboxylic acids is 1. The molecular formula is C14H18N4O3. The number of nitrogens with two attached hydrogens (primary N) is 1. The summed E-state index contributed by atoms with van der Waals surface area (Å²) in [4.78, 5) is 28.3. The lowest BCUT2D eigenvalue weighted by molar-refractivity contribution is -0.384. The summed E-state index contributed by atoms with van der Waals surface area (Å²) < 4.78 is 0. The Morgan fingerprint density at radius 3 is 2.90 bits per heavy atom. The summed E-state index contributed by atoms with van der Waals surface area (Å²) in [5.74, 6) is -0.0143. The molecule has 1 saturated heterocycles. The molecule has 0 spiro atoms. The predicted octanol–water partition coefficient (Wildman–Crippen LogP) is 1.61. The second-order valence-corrected chi connectivity index (χ2v) is 5.79. The predicted molar refractivity (Wildman–Crippen MR) is 76.7 cm³/mol. The van der Waals surface area contributed by atoms with Gasteiger partial charge in [-0.15, -0.1) is 0 Å². The molecule has 1 aromatic rings. The third-order valence-corrected chi connectivity index (χ3v) is 4.67. The Hall–Kier alpha value is -2.18. The number of anilines is 1. The molecule has 2 fully saturated rings. The van der Waals surface area contributed by atoms with Crippen molar-refractivity contribution in [2.75, 3.05) is 4.90 Å². The number of nitrogens with zero attached hydrogens (tertiary/aromatic N) is 3. The average molecular weight is 290 g/mol. The highest BCUT2D eigenvalue weighted by Gasteiger charge is 2.46. The summed E-state index contributed by atoms with van der Waals surface area (Å²) >= 11 is 0. The number of carbonyl (C=O) groups is 1. The number of aromatic nitrogens is 1. The summed E-state index contributed by atoms with van der Waals surface area (Å²) in [5.41, 5.74) is 5.95. The molecule has 2 aliphatic rings. The first-order valence-electron chi connectivity index (χ1n) is 7.25. The standard InChI is InChI=1S/C14H18N4O3/c15-14(19)12-7-9-3-1-2-4-10(9)17(12)11-5-6-16-8-13(11)18(20)21/h5-6,8-10,12H,1-4,7H2,(H2,15,19). The molecular weight excluding hydrogens is 272 g/mol. The van der Waals surface area contributed by atoms with Crippen LogP contribution in [0.2, 0.25) is 0 Å². The molecule has 7 nitrogen and oxygen atoms in total. The number of hydrogen-bond acceptors (Lipinski definition) is 5. The van der Waals surface area contributed by atoms with Crippen molar-refractivity contribution in [3.05, 3.63) is 28.6 Å². The number of amides is 1. The zero-order chi connectivity index (χ0) is 15.0. The maximum absolute atomic E-state index is 11.8. The summed E-state index contributed by atoms with van der Waals surface area (Å²) in [7, 11) is 0. The highest BCUT2D eigenvalue weighted by molar-refractivity contribution is 5.86. The monoisotopic (exact) mass is 290 g/mol. The van der Waals surface area contributed by atoms with E-state index in [0.717, 1.165) is 25.7 Å². The van der Waals surface area contributed by atoms with Crippen LogP contribution >= 0.6 is 0 Å². The Labute approximate surface area is 122 Å². The van der Waals surface area contributed by atoms with Gasteiger partial charge in [0.25, 0.3) is 0 Å². The van der Waals surface area contributed by atoms with Gasteiger partial charge < -0.3 is 10.6 Å². The van der Waals surface area contributed by atoms with Crippen molar-refractivity contribution >= 4 is 17.3 Å². The van der Waals surface area contributed by atoms with Gasteiger partial charge in [-0.2, -0.15) is 0 Å².